The molecular formula is C46H68N8O7. The number of benzene rings is 2. The summed E-state index contributed by atoms with van der Waals surface area (Å²) in [7, 11) is 0. The van der Waals surface area contributed by atoms with Crippen LogP contribution in [0.3, 0.4) is 0 Å². The van der Waals surface area contributed by atoms with Crippen molar-refractivity contribution >= 4 is 29.7 Å². The number of amides is 5. The fourth-order valence-corrected chi connectivity index (χ4v) is 7.38. The van der Waals surface area contributed by atoms with E-state index in [-0.39, 0.29) is 43.0 Å². The number of carbonyl (C=O) groups excluding carboxylic acids is 5. The van der Waals surface area contributed by atoms with E-state index in [9.17, 15) is 29.1 Å². The van der Waals surface area contributed by atoms with Gasteiger partial charge in [0, 0.05) is 50.4 Å². The van der Waals surface area contributed by atoms with Crippen LogP contribution in [0.2, 0.25) is 0 Å². The highest BCUT2D eigenvalue weighted by atomic mass is 16.6. The molecule has 7 N–H and O–H groups in total. The number of hydrogen-bond donors (Lipinski definition) is 7. The fourth-order valence-electron chi connectivity index (χ4n) is 7.38. The second-order valence-electron chi connectivity index (χ2n) is 18.0. The Labute approximate surface area is 361 Å². The molecule has 1 saturated heterocycles. The van der Waals surface area contributed by atoms with Gasteiger partial charge in [0.05, 0.1) is 24.9 Å². The first-order chi connectivity index (χ1) is 28.9. The predicted octanol–water partition coefficient (Wildman–Crippen LogP) is 4.17. The number of aromatic nitrogens is 2. The van der Waals surface area contributed by atoms with Crippen LogP contribution in [-0.4, -0.2) is 105 Å². The Morgan fingerprint density at radius 3 is 1.93 bits per heavy atom. The molecule has 15 nitrogen and oxygen atoms in total. The molecule has 1 aromatic heterocycles. The van der Waals surface area contributed by atoms with E-state index >= 15 is 0 Å². The lowest BCUT2D eigenvalue weighted by Gasteiger charge is -2.33. The second kappa shape index (κ2) is 23.6. The smallest absolute Gasteiger partial charge is 0.408 e. The molecule has 61 heavy (non-hydrogen) atoms. The van der Waals surface area contributed by atoms with Crippen LogP contribution < -0.4 is 26.6 Å². The highest BCUT2D eigenvalue weighted by Gasteiger charge is 2.33. The summed E-state index contributed by atoms with van der Waals surface area (Å²) in [5.74, 6) is -1.88. The van der Waals surface area contributed by atoms with E-state index < -0.39 is 59.7 Å². The quantitative estimate of drug-likeness (QED) is 0.0821. The molecule has 4 rings (SSSR count). The van der Waals surface area contributed by atoms with Gasteiger partial charge in [0.2, 0.25) is 23.6 Å². The lowest BCUT2D eigenvalue weighted by molar-refractivity contribution is -0.132. The number of nitrogens with zero attached hydrogens (tertiary/aromatic N) is 2. The topological polar surface area (TPSA) is 207 Å². The van der Waals surface area contributed by atoms with Crippen molar-refractivity contribution in [3.05, 3.63) is 90.0 Å². The van der Waals surface area contributed by atoms with Crippen LogP contribution in [0.25, 0.3) is 0 Å². The van der Waals surface area contributed by atoms with E-state index in [0.29, 0.717) is 18.5 Å². The molecular weight excluding hydrogens is 777 g/mol. The van der Waals surface area contributed by atoms with Crippen LogP contribution in [0.1, 0.15) is 97.4 Å². The number of aliphatic hydroxyl groups excluding tert-OH is 1. The molecule has 1 fully saturated rings. The first-order valence-corrected chi connectivity index (χ1v) is 21.6. The molecule has 1 aliphatic heterocycles. The molecule has 1 aliphatic rings. The Hall–Kier alpha value is -5.28. The van der Waals surface area contributed by atoms with Gasteiger partial charge in [-0.3, -0.25) is 24.1 Å². The first-order valence-electron chi connectivity index (χ1n) is 21.6. The summed E-state index contributed by atoms with van der Waals surface area (Å²) in [5.41, 5.74) is 1.78. The number of H-pyrrole nitrogens is 1. The maximum Gasteiger partial charge on any atom is 0.408 e. The number of alkyl carbamates (subject to hydrolysis) is 1. The Morgan fingerprint density at radius 2 is 1.36 bits per heavy atom. The molecule has 0 aliphatic carbocycles. The maximum atomic E-state index is 14.1. The summed E-state index contributed by atoms with van der Waals surface area (Å²) < 4.78 is 5.44. The molecule has 5 amide bonds. The minimum atomic E-state index is -1.31. The molecule has 15 heteroatoms. The van der Waals surface area contributed by atoms with Crippen molar-refractivity contribution in [2.75, 3.05) is 13.1 Å². The van der Waals surface area contributed by atoms with Crippen molar-refractivity contribution in [1.29, 1.82) is 0 Å². The third-order valence-electron chi connectivity index (χ3n) is 10.4. The van der Waals surface area contributed by atoms with Gasteiger partial charge in [-0.25, -0.2) is 9.78 Å². The van der Waals surface area contributed by atoms with Gasteiger partial charge in [-0.05, 0) is 69.4 Å². The van der Waals surface area contributed by atoms with Gasteiger partial charge in [0.15, 0.2) is 0 Å². The second-order valence-corrected chi connectivity index (χ2v) is 18.0. The zero-order chi connectivity index (χ0) is 44.5. The average molecular weight is 845 g/mol. The van der Waals surface area contributed by atoms with Crippen LogP contribution in [0.15, 0.2) is 73.2 Å². The van der Waals surface area contributed by atoms with Crippen molar-refractivity contribution in [3.63, 3.8) is 0 Å². The van der Waals surface area contributed by atoms with E-state index in [1.807, 2.05) is 76.2 Å². The maximum absolute atomic E-state index is 14.1. The molecule has 2 heterocycles. The normalized spacial score (nSPS) is 16.2. The number of carbonyl (C=O) groups is 5. The number of imidazole rings is 1. The number of hydrogen-bond acceptors (Lipinski definition) is 9. The number of nitrogens with one attached hydrogen (secondary N) is 6. The number of ether oxygens (including phenoxy) is 1. The molecule has 0 unspecified atom stereocenters. The summed E-state index contributed by atoms with van der Waals surface area (Å²) in [6.45, 7) is 15.5. The standard InChI is InChI=1S/C46H68N8O7/c1-30(2)22-36(40(55)26-41(56)50-37(23-31(3)4)42(57)49-34-18-20-54(21-19-34)28-33-16-12-9-13-17-33)51-44(59)39(25-35-27-47-29-48-35)52-43(58)38(24-32-14-10-8-11-15-32)53-45(60)61-46(5,6)7/h8-17,27,29-31,34,36-40,55H,18-26,28H2,1-7H3,(H,47,48)(H,49,57)(H,50,56)(H,51,59)(H,52,58)(H,53,60)/t36-,37-,38-,39-,40-/m0/s1. The summed E-state index contributed by atoms with van der Waals surface area (Å²) in [5, 5.41) is 25.9. The van der Waals surface area contributed by atoms with Gasteiger partial charge in [-0.15, -0.1) is 0 Å². The number of piperidine rings is 1. The third-order valence-corrected chi connectivity index (χ3v) is 10.4. The van der Waals surface area contributed by atoms with Crippen molar-refractivity contribution < 1.29 is 33.8 Å². The van der Waals surface area contributed by atoms with Gasteiger partial charge in [0.25, 0.3) is 0 Å². The number of aromatic amines is 1. The van der Waals surface area contributed by atoms with Crippen LogP contribution in [0, 0.1) is 11.8 Å². The molecule has 0 saturated carbocycles. The summed E-state index contributed by atoms with van der Waals surface area (Å²) in [6, 6.07) is 15.5. The predicted molar refractivity (Wildman–Crippen MR) is 234 cm³/mol. The molecule has 3 aromatic rings. The van der Waals surface area contributed by atoms with Gasteiger partial charge >= 0.3 is 6.09 Å². The Bertz CT molecular complexity index is 1810. The lowest BCUT2D eigenvalue weighted by Crippen LogP contribution is -2.58. The SMILES string of the molecule is CC(C)C[C@H](NC(=O)C[C@H](O)[C@H](CC(C)C)NC(=O)[C@H](Cc1cnc[nH]1)NC(=O)[C@H](Cc1ccccc1)NC(=O)OC(C)(C)C)C(=O)NC1CCN(Cc2ccccc2)CC1. The summed E-state index contributed by atoms with van der Waals surface area (Å²) >= 11 is 0. The van der Waals surface area contributed by atoms with E-state index in [4.69, 9.17) is 4.74 Å². The monoisotopic (exact) mass is 845 g/mol. The molecule has 0 radical (unpaired) electrons. The average Bonchev–Trinajstić information content (AvgIpc) is 3.70. The Balaban J connectivity index is 1.41. The Kier molecular flexibility index (Phi) is 18.8. The van der Waals surface area contributed by atoms with Crippen molar-refractivity contribution in [2.45, 2.75) is 142 Å². The van der Waals surface area contributed by atoms with Crippen LogP contribution >= 0.6 is 0 Å². The van der Waals surface area contributed by atoms with E-state index in [0.717, 1.165) is 38.0 Å². The minimum Gasteiger partial charge on any atom is -0.444 e. The van der Waals surface area contributed by atoms with Crippen molar-refractivity contribution in [3.8, 4) is 0 Å². The fraction of sp³-hybridized carbons (Fsp3) is 0.565. The summed E-state index contributed by atoms with van der Waals surface area (Å²) in [4.78, 5) is 77.5. The summed E-state index contributed by atoms with van der Waals surface area (Å²) in [6.07, 6.45) is 3.00. The number of rotatable bonds is 21. The van der Waals surface area contributed by atoms with Crippen LogP contribution in [0.5, 0.6) is 0 Å². The van der Waals surface area contributed by atoms with Crippen molar-refractivity contribution in [1.82, 2.24) is 41.5 Å². The third kappa shape index (κ3) is 17.7. The molecule has 2 aromatic carbocycles. The zero-order valence-electron chi connectivity index (χ0n) is 36.9. The van der Waals surface area contributed by atoms with Gasteiger partial charge in [-0.1, -0.05) is 88.4 Å². The largest absolute Gasteiger partial charge is 0.444 e. The molecule has 0 bridgehead atoms. The van der Waals surface area contributed by atoms with Crippen LogP contribution in [0.4, 0.5) is 4.79 Å². The highest BCUT2D eigenvalue weighted by Crippen LogP contribution is 2.17. The molecule has 5 atom stereocenters. The zero-order valence-corrected chi connectivity index (χ0v) is 36.9. The van der Waals surface area contributed by atoms with Gasteiger partial charge in [-0.2, -0.15) is 0 Å². The van der Waals surface area contributed by atoms with E-state index in [2.05, 4.69) is 53.6 Å². The van der Waals surface area contributed by atoms with Crippen molar-refractivity contribution in [2.24, 2.45) is 11.8 Å². The Morgan fingerprint density at radius 1 is 0.770 bits per heavy atom. The van der Waals surface area contributed by atoms with Gasteiger partial charge in [0.1, 0.15) is 23.7 Å². The first kappa shape index (κ1) is 48.4. The van der Waals surface area contributed by atoms with Gasteiger partial charge < -0.3 is 41.4 Å². The van der Waals surface area contributed by atoms with E-state index in [1.165, 1.54) is 18.1 Å². The van der Waals surface area contributed by atoms with E-state index in [1.54, 1.807) is 20.8 Å². The minimum absolute atomic E-state index is 0.00974. The number of aliphatic hydroxyl groups is 1. The lowest BCUT2D eigenvalue weighted by atomic mass is 9.95. The molecule has 334 valence electrons. The highest BCUT2D eigenvalue weighted by molar-refractivity contribution is 5.92. The molecule has 0 spiro atoms. The van der Waals surface area contributed by atoms with Crippen LogP contribution in [-0.2, 0) is 43.3 Å². The number of likely N-dealkylation sites (tertiary alicyclic amines) is 1.